The summed E-state index contributed by atoms with van der Waals surface area (Å²) in [6.45, 7) is 2.26. The molecule has 0 aliphatic heterocycles. The fourth-order valence-electron chi connectivity index (χ4n) is 1.67. The molecule has 0 amide bonds. The first-order chi connectivity index (χ1) is 6.63. The van der Waals surface area contributed by atoms with Crippen LogP contribution in [-0.4, -0.2) is 12.2 Å². The largest absolute Gasteiger partial charge is 0.508 e. The van der Waals surface area contributed by atoms with Gasteiger partial charge in [-0.1, -0.05) is 13.0 Å². The zero-order valence-corrected chi connectivity index (χ0v) is 8.71. The van der Waals surface area contributed by atoms with Gasteiger partial charge in [0.1, 0.15) is 11.5 Å². The van der Waals surface area contributed by atoms with Crippen LogP contribution in [-0.2, 0) is 6.42 Å². The first-order valence-corrected chi connectivity index (χ1v) is 4.99. The fourth-order valence-corrected chi connectivity index (χ4v) is 1.67. The maximum absolute atomic E-state index is 9.73. The van der Waals surface area contributed by atoms with Crippen molar-refractivity contribution in [2.45, 2.75) is 26.2 Å². The minimum Gasteiger partial charge on any atom is -0.508 e. The molecule has 76 valence electrons. The molecule has 0 heterocycles. The van der Waals surface area contributed by atoms with Crippen LogP contribution < -0.4 is 4.74 Å². The highest BCUT2D eigenvalue weighted by Crippen LogP contribution is 2.48. The molecule has 0 aromatic heterocycles. The molecule has 0 atom stereocenters. The number of phenols is 1. The molecule has 1 aliphatic carbocycles. The van der Waals surface area contributed by atoms with Crippen molar-refractivity contribution in [2.75, 3.05) is 7.11 Å². The van der Waals surface area contributed by atoms with Gasteiger partial charge in [-0.15, -0.1) is 0 Å². The molecule has 1 saturated carbocycles. The van der Waals surface area contributed by atoms with E-state index in [4.69, 9.17) is 4.74 Å². The van der Waals surface area contributed by atoms with Gasteiger partial charge in [-0.05, 0) is 36.3 Å². The van der Waals surface area contributed by atoms with Crippen molar-refractivity contribution < 1.29 is 9.84 Å². The molecule has 0 bridgehead atoms. The van der Waals surface area contributed by atoms with Crippen LogP contribution in [0.15, 0.2) is 18.2 Å². The van der Waals surface area contributed by atoms with Crippen molar-refractivity contribution in [1.82, 2.24) is 0 Å². The molecule has 2 nitrogen and oxygen atoms in total. The summed E-state index contributed by atoms with van der Waals surface area (Å²) in [6.07, 6.45) is 3.53. The predicted molar refractivity (Wildman–Crippen MR) is 55.7 cm³/mol. The summed E-state index contributed by atoms with van der Waals surface area (Å²) < 4.78 is 5.04. The number of hydrogen-bond donors (Lipinski definition) is 1. The summed E-state index contributed by atoms with van der Waals surface area (Å²) in [5, 5.41) is 9.73. The number of aromatic hydroxyl groups is 1. The molecule has 0 radical (unpaired) electrons. The number of ether oxygens (including phenoxy) is 1. The SMILES string of the molecule is COc1ccc(CC2(C)CC2)c(O)c1. The summed E-state index contributed by atoms with van der Waals surface area (Å²) in [4.78, 5) is 0. The topological polar surface area (TPSA) is 29.5 Å². The molecule has 2 rings (SSSR count). The minimum atomic E-state index is 0.359. The molecule has 1 aliphatic rings. The van der Waals surface area contributed by atoms with Crippen LogP contribution in [0.2, 0.25) is 0 Å². The number of hydrogen-bond acceptors (Lipinski definition) is 2. The zero-order chi connectivity index (χ0) is 10.2. The maximum Gasteiger partial charge on any atom is 0.122 e. The summed E-state index contributed by atoms with van der Waals surface area (Å²) in [6, 6.07) is 5.54. The summed E-state index contributed by atoms with van der Waals surface area (Å²) in [7, 11) is 1.61. The van der Waals surface area contributed by atoms with Gasteiger partial charge in [0.25, 0.3) is 0 Å². The maximum atomic E-state index is 9.73. The van der Waals surface area contributed by atoms with Crippen molar-refractivity contribution in [3.8, 4) is 11.5 Å². The number of phenolic OH excluding ortho intramolecular Hbond substituents is 1. The van der Waals surface area contributed by atoms with Crippen LogP contribution >= 0.6 is 0 Å². The molecule has 1 aromatic carbocycles. The molecular formula is C12H16O2. The van der Waals surface area contributed by atoms with Crippen LogP contribution in [0, 0.1) is 5.41 Å². The first kappa shape index (κ1) is 9.38. The third-order valence-corrected chi connectivity index (χ3v) is 3.01. The van der Waals surface area contributed by atoms with Gasteiger partial charge in [-0.25, -0.2) is 0 Å². The number of benzene rings is 1. The van der Waals surface area contributed by atoms with Crippen LogP contribution in [0.1, 0.15) is 25.3 Å². The Hall–Kier alpha value is -1.18. The van der Waals surface area contributed by atoms with Crippen molar-refractivity contribution >= 4 is 0 Å². The van der Waals surface area contributed by atoms with Crippen molar-refractivity contribution in [3.63, 3.8) is 0 Å². The molecule has 1 N–H and O–H groups in total. The van der Waals surface area contributed by atoms with Crippen molar-refractivity contribution in [2.24, 2.45) is 5.41 Å². The summed E-state index contributed by atoms with van der Waals surface area (Å²) in [5.74, 6) is 1.07. The van der Waals surface area contributed by atoms with E-state index in [1.807, 2.05) is 12.1 Å². The van der Waals surface area contributed by atoms with E-state index in [0.717, 1.165) is 12.0 Å². The second-order valence-corrected chi connectivity index (χ2v) is 4.48. The van der Waals surface area contributed by atoms with Gasteiger partial charge in [0, 0.05) is 6.07 Å². The third kappa shape index (κ3) is 1.84. The smallest absolute Gasteiger partial charge is 0.122 e. The van der Waals surface area contributed by atoms with E-state index in [1.165, 1.54) is 12.8 Å². The van der Waals surface area contributed by atoms with E-state index in [1.54, 1.807) is 13.2 Å². The highest BCUT2D eigenvalue weighted by Gasteiger charge is 2.37. The first-order valence-electron chi connectivity index (χ1n) is 4.99. The van der Waals surface area contributed by atoms with E-state index in [2.05, 4.69) is 6.92 Å². The van der Waals surface area contributed by atoms with Crippen LogP contribution in [0.25, 0.3) is 0 Å². The third-order valence-electron chi connectivity index (χ3n) is 3.01. The van der Waals surface area contributed by atoms with E-state index >= 15 is 0 Å². The Morgan fingerprint density at radius 2 is 2.14 bits per heavy atom. The molecule has 1 fully saturated rings. The van der Waals surface area contributed by atoms with Crippen LogP contribution in [0.3, 0.4) is 0 Å². The normalized spacial score (nSPS) is 17.9. The zero-order valence-electron chi connectivity index (χ0n) is 8.71. The van der Waals surface area contributed by atoms with Gasteiger partial charge < -0.3 is 9.84 Å². The highest BCUT2D eigenvalue weighted by atomic mass is 16.5. The number of methoxy groups -OCH3 is 1. The molecule has 2 heteroatoms. The van der Waals surface area contributed by atoms with Crippen molar-refractivity contribution in [1.29, 1.82) is 0 Å². The van der Waals surface area contributed by atoms with Gasteiger partial charge >= 0.3 is 0 Å². The molecular weight excluding hydrogens is 176 g/mol. The van der Waals surface area contributed by atoms with Gasteiger partial charge in [-0.3, -0.25) is 0 Å². The monoisotopic (exact) mass is 192 g/mol. The Kier molecular flexibility index (Phi) is 2.14. The van der Waals surface area contributed by atoms with Crippen molar-refractivity contribution in [3.05, 3.63) is 23.8 Å². The Balaban J connectivity index is 2.17. The molecule has 14 heavy (non-hydrogen) atoms. The minimum absolute atomic E-state index is 0.359. The Morgan fingerprint density at radius 3 is 2.64 bits per heavy atom. The lowest BCUT2D eigenvalue weighted by atomic mass is 9.98. The second kappa shape index (κ2) is 3.19. The van der Waals surface area contributed by atoms with Gasteiger partial charge in [0.15, 0.2) is 0 Å². The molecule has 0 saturated heterocycles. The standard InChI is InChI=1S/C12H16O2/c1-12(5-6-12)8-9-3-4-10(14-2)7-11(9)13/h3-4,7,13H,5-6,8H2,1-2H3. The lowest BCUT2D eigenvalue weighted by Gasteiger charge is -2.10. The Bertz CT molecular complexity index is 340. The highest BCUT2D eigenvalue weighted by molar-refractivity contribution is 5.40. The average Bonchev–Trinajstić information content (AvgIpc) is 2.88. The quantitative estimate of drug-likeness (QED) is 0.798. The molecule has 0 unspecified atom stereocenters. The lowest BCUT2D eigenvalue weighted by molar-refractivity contribution is 0.405. The fraction of sp³-hybridized carbons (Fsp3) is 0.500. The predicted octanol–water partition coefficient (Wildman–Crippen LogP) is 2.74. The van der Waals surface area contributed by atoms with E-state index in [9.17, 15) is 5.11 Å². The molecule has 0 spiro atoms. The lowest BCUT2D eigenvalue weighted by Crippen LogP contribution is -1.99. The van der Waals surface area contributed by atoms with E-state index in [-0.39, 0.29) is 0 Å². The van der Waals surface area contributed by atoms with Crippen LogP contribution in [0.4, 0.5) is 0 Å². The van der Waals surface area contributed by atoms with Gasteiger partial charge in [-0.2, -0.15) is 0 Å². The summed E-state index contributed by atoms with van der Waals surface area (Å²) >= 11 is 0. The van der Waals surface area contributed by atoms with Crippen LogP contribution in [0.5, 0.6) is 11.5 Å². The van der Waals surface area contributed by atoms with E-state index < -0.39 is 0 Å². The number of rotatable bonds is 3. The van der Waals surface area contributed by atoms with E-state index in [0.29, 0.717) is 16.9 Å². The Labute approximate surface area is 84.5 Å². The Morgan fingerprint density at radius 1 is 1.43 bits per heavy atom. The average molecular weight is 192 g/mol. The second-order valence-electron chi connectivity index (χ2n) is 4.48. The molecule has 1 aromatic rings. The summed E-state index contributed by atoms with van der Waals surface area (Å²) in [5.41, 5.74) is 1.47. The van der Waals surface area contributed by atoms with Gasteiger partial charge in [0.2, 0.25) is 0 Å². The van der Waals surface area contributed by atoms with Gasteiger partial charge in [0.05, 0.1) is 7.11 Å².